The Morgan fingerprint density at radius 1 is 0.923 bits per heavy atom. The highest BCUT2D eigenvalue weighted by molar-refractivity contribution is 8.14. The van der Waals surface area contributed by atoms with E-state index in [9.17, 15) is 32.6 Å². The molecule has 0 aromatic heterocycles. The number of carbonyl (C=O) groups excluding carboxylic acids is 1. The topological polar surface area (TPSA) is 154 Å². The molecular weight excluding hydrogens is 572 g/mol. The fourth-order valence-corrected chi connectivity index (χ4v) is 6.75. The van der Waals surface area contributed by atoms with Gasteiger partial charge in [-0.15, -0.1) is 0 Å². The van der Waals surface area contributed by atoms with Gasteiger partial charge in [0.05, 0.1) is 24.8 Å². The predicted molar refractivity (Wildman–Crippen MR) is 137 cm³/mol. The number of carbonyl (C=O) groups is 1. The van der Waals surface area contributed by atoms with Crippen molar-refractivity contribution in [1.29, 1.82) is 0 Å². The summed E-state index contributed by atoms with van der Waals surface area (Å²) in [6, 6.07) is -0.584. The molecular formula is C22H34F4N4O7S2. The summed E-state index contributed by atoms with van der Waals surface area (Å²) < 4.78 is 64.8. The number of esters is 1. The van der Waals surface area contributed by atoms with Gasteiger partial charge in [0.1, 0.15) is 48.9 Å². The maximum atomic E-state index is 12.2. The molecule has 10 atom stereocenters. The van der Waals surface area contributed by atoms with Crippen molar-refractivity contribution in [1.82, 2.24) is 10.6 Å². The highest BCUT2D eigenvalue weighted by Crippen LogP contribution is 2.39. The van der Waals surface area contributed by atoms with E-state index in [0.717, 1.165) is 11.8 Å². The van der Waals surface area contributed by atoms with Gasteiger partial charge in [-0.05, 0) is 11.8 Å². The van der Waals surface area contributed by atoms with Crippen LogP contribution in [0.15, 0.2) is 9.98 Å². The molecule has 0 aliphatic carbocycles. The highest BCUT2D eigenvalue weighted by atomic mass is 32.2. The van der Waals surface area contributed by atoms with Crippen molar-refractivity contribution in [3.8, 4) is 0 Å². The number of aliphatic hydroxyl groups excluding tert-OH is 3. The number of aliphatic hydroxyl groups is 3. The van der Waals surface area contributed by atoms with Crippen LogP contribution in [-0.2, 0) is 19.0 Å². The minimum absolute atomic E-state index is 0.0370. The molecule has 39 heavy (non-hydrogen) atoms. The Bertz CT molecular complexity index is 893. The third kappa shape index (κ3) is 8.56. The number of hydrogen-bond donors (Lipinski definition) is 5. The quantitative estimate of drug-likeness (QED) is 0.205. The van der Waals surface area contributed by atoms with Gasteiger partial charge >= 0.3 is 5.97 Å². The third-order valence-corrected chi connectivity index (χ3v) is 8.91. The molecule has 0 saturated carbocycles. The van der Waals surface area contributed by atoms with Gasteiger partial charge in [0, 0.05) is 6.92 Å². The zero-order chi connectivity index (χ0) is 28.9. The van der Waals surface area contributed by atoms with Crippen LogP contribution in [0.5, 0.6) is 0 Å². The Labute approximate surface area is 231 Å². The maximum absolute atomic E-state index is 12.2. The predicted octanol–water partition coefficient (Wildman–Crippen LogP) is 0.624. The number of halogens is 4. The lowest BCUT2D eigenvalue weighted by Gasteiger charge is -2.40. The van der Waals surface area contributed by atoms with Crippen molar-refractivity contribution in [2.45, 2.75) is 81.0 Å². The summed E-state index contributed by atoms with van der Waals surface area (Å²) in [5.74, 6) is 0.112. The third-order valence-electron chi connectivity index (χ3n) is 6.70. The molecule has 4 heterocycles. The fraction of sp³-hybridized carbons (Fsp3) is 0.864. The number of nitrogens with one attached hydrogen (secondary N) is 2. The van der Waals surface area contributed by atoms with Crippen LogP contribution in [0.25, 0.3) is 0 Å². The summed E-state index contributed by atoms with van der Waals surface area (Å²) in [7, 11) is 0. The Morgan fingerprint density at radius 3 is 1.95 bits per heavy atom. The second-order valence-corrected chi connectivity index (χ2v) is 11.6. The zero-order valence-corrected chi connectivity index (χ0v) is 23.1. The van der Waals surface area contributed by atoms with Crippen molar-refractivity contribution in [3.63, 3.8) is 0 Å². The number of ether oxygens (including phenoxy) is 3. The minimum atomic E-state index is -2.54. The Morgan fingerprint density at radius 2 is 1.44 bits per heavy atom. The number of aliphatic imine (C=N–C) groups is 2. The van der Waals surface area contributed by atoms with Gasteiger partial charge in [-0.2, -0.15) is 0 Å². The monoisotopic (exact) mass is 606 g/mol. The van der Waals surface area contributed by atoms with Crippen LogP contribution in [0.2, 0.25) is 0 Å². The molecule has 4 saturated heterocycles. The lowest BCUT2D eigenvalue weighted by Crippen LogP contribution is -2.59. The van der Waals surface area contributed by atoms with E-state index in [0.29, 0.717) is 5.17 Å². The van der Waals surface area contributed by atoms with Gasteiger partial charge in [0.25, 0.3) is 12.9 Å². The molecule has 0 unspecified atom stereocenters. The number of alkyl halides is 4. The fourth-order valence-electron chi connectivity index (χ4n) is 4.36. The standard InChI is InChI=1S/C13H20F2N2O3S.C9H14F2N2O4S/c1-6-7(2)11-12(20-9(6)5-19-8(3)18)21-13(17-11)16-4-10(14)15;10-4(11)1-12-9-13-5-7(16)6(15)3(2-14)17-8(5)18-9/h6-7,9-12H,4-5H2,1-3H3,(H,16,17);3-8,14-16H,1-2H2,(H,12,13)/t6-,7-,9+,11+,12+;3-,5-,6-,7-,8-/m01/s1. The highest BCUT2D eigenvalue weighted by Gasteiger charge is 2.49. The molecule has 4 rings (SSSR count). The molecule has 224 valence electrons. The van der Waals surface area contributed by atoms with E-state index in [-0.39, 0.29) is 47.2 Å². The Balaban J connectivity index is 0.000000218. The summed E-state index contributed by atoms with van der Waals surface area (Å²) in [4.78, 5) is 18.4. The number of thioether (sulfide) groups is 2. The normalized spacial score (nSPS) is 39.6. The molecule has 17 heteroatoms. The minimum Gasteiger partial charge on any atom is -0.463 e. The average Bonchev–Trinajstić information content (AvgIpc) is 3.49. The van der Waals surface area contributed by atoms with E-state index in [1.165, 1.54) is 18.7 Å². The van der Waals surface area contributed by atoms with Crippen LogP contribution < -0.4 is 10.6 Å². The molecule has 5 N–H and O–H groups in total. The first kappa shape index (κ1) is 32.1. The molecule has 4 fully saturated rings. The first-order valence-electron chi connectivity index (χ1n) is 12.3. The Hall–Kier alpha value is -1.37. The summed E-state index contributed by atoms with van der Waals surface area (Å²) in [6.45, 7) is 4.14. The molecule has 0 aromatic carbocycles. The van der Waals surface area contributed by atoms with Crippen LogP contribution in [0.4, 0.5) is 17.6 Å². The van der Waals surface area contributed by atoms with E-state index in [1.807, 2.05) is 6.92 Å². The largest absolute Gasteiger partial charge is 0.463 e. The van der Waals surface area contributed by atoms with Gasteiger partial charge in [-0.3, -0.25) is 14.8 Å². The number of rotatable bonds is 7. The van der Waals surface area contributed by atoms with Crippen LogP contribution in [-0.4, -0.2) is 118 Å². The van der Waals surface area contributed by atoms with Crippen LogP contribution in [0, 0.1) is 11.8 Å². The summed E-state index contributed by atoms with van der Waals surface area (Å²) in [6.07, 6.45) is -8.42. The molecule has 0 bridgehead atoms. The van der Waals surface area contributed by atoms with E-state index in [1.54, 1.807) is 0 Å². The van der Waals surface area contributed by atoms with Crippen molar-refractivity contribution >= 4 is 39.8 Å². The second-order valence-electron chi connectivity index (χ2n) is 9.42. The van der Waals surface area contributed by atoms with Crippen molar-refractivity contribution in [3.05, 3.63) is 0 Å². The van der Waals surface area contributed by atoms with E-state index in [2.05, 4.69) is 27.5 Å². The number of nitrogens with zero attached hydrogens (tertiary/aromatic N) is 2. The average molecular weight is 607 g/mol. The smallest absolute Gasteiger partial charge is 0.302 e. The number of hydrogen-bond acceptors (Lipinski definition) is 11. The SMILES string of the molecule is CC(=O)OC[C@H]1O[C@@H]2SC(=NCC(F)F)N[C@@H]2[C@@H](C)[C@@H]1C.OC[C@H]1O[C@@H]2SC(=NCC(F)F)N[C@@H]2[C@@H](O)[C@@H]1O. The lowest BCUT2D eigenvalue weighted by atomic mass is 9.83. The first-order chi connectivity index (χ1) is 18.4. The molecule has 0 radical (unpaired) electrons. The first-order valence-corrected chi connectivity index (χ1v) is 14.1. The van der Waals surface area contributed by atoms with Gasteiger partial charge in [-0.25, -0.2) is 17.6 Å². The van der Waals surface area contributed by atoms with Gasteiger partial charge in [-0.1, -0.05) is 37.4 Å². The Kier molecular flexibility index (Phi) is 12.0. The van der Waals surface area contributed by atoms with Crippen LogP contribution in [0.3, 0.4) is 0 Å². The summed E-state index contributed by atoms with van der Waals surface area (Å²) in [5.41, 5.74) is -0.745. The maximum Gasteiger partial charge on any atom is 0.302 e. The van der Waals surface area contributed by atoms with Crippen molar-refractivity contribution < 1.29 is 51.9 Å². The molecule has 0 spiro atoms. The molecule has 4 aliphatic rings. The second kappa shape index (κ2) is 14.5. The van der Waals surface area contributed by atoms with Gasteiger partial charge in [0.15, 0.2) is 10.3 Å². The van der Waals surface area contributed by atoms with Crippen LogP contribution in [0.1, 0.15) is 20.8 Å². The van der Waals surface area contributed by atoms with E-state index >= 15 is 0 Å². The lowest BCUT2D eigenvalue weighted by molar-refractivity contribution is -0.167. The van der Waals surface area contributed by atoms with Gasteiger partial charge in [0.2, 0.25) is 0 Å². The molecule has 4 aliphatic heterocycles. The van der Waals surface area contributed by atoms with E-state index in [4.69, 9.17) is 19.3 Å². The summed E-state index contributed by atoms with van der Waals surface area (Å²) >= 11 is 2.39. The van der Waals surface area contributed by atoms with Crippen LogP contribution >= 0.6 is 23.5 Å². The van der Waals surface area contributed by atoms with Gasteiger partial charge < -0.3 is 40.2 Å². The number of amidine groups is 2. The molecule has 0 amide bonds. The zero-order valence-electron chi connectivity index (χ0n) is 21.5. The van der Waals surface area contributed by atoms with Crippen molar-refractivity contribution in [2.24, 2.45) is 21.8 Å². The number of fused-ring (bicyclic) bond motifs is 2. The summed E-state index contributed by atoms with van der Waals surface area (Å²) in [5, 5.41) is 35.1. The molecule has 11 nitrogen and oxygen atoms in total. The van der Waals surface area contributed by atoms with Crippen molar-refractivity contribution in [2.75, 3.05) is 26.3 Å². The van der Waals surface area contributed by atoms with E-state index < -0.39 is 62.3 Å². The molecule has 0 aromatic rings.